The Hall–Kier alpha value is -3.12. The van der Waals surface area contributed by atoms with E-state index < -0.39 is 28.7 Å². The number of benzene rings is 2. The molecule has 178 valence electrons. The molecule has 0 unspecified atom stereocenters. The summed E-state index contributed by atoms with van der Waals surface area (Å²) in [5, 5.41) is 2.46. The standard InChI is InChI=1S/C21H22F3N3O5S/c1-15(28)26-9-11-27(12-10-26)33(30,31)17-6-4-5-16(13-17)20(29)25-18-7-2-3-8-19(18)32-14-21(22,23)24/h2-8,13H,9-12,14H2,1H3,(H,25,29). The number of rotatable bonds is 6. The van der Waals surface area contributed by atoms with Crippen molar-refractivity contribution in [3.8, 4) is 5.75 Å². The predicted octanol–water partition coefficient (Wildman–Crippen LogP) is 2.73. The zero-order chi connectivity index (χ0) is 24.2. The predicted molar refractivity (Wildman–Crippen MR) is 113 cm³/mol. The zero-order valence-corrected chi connectivity index (χ0v) is 18.4. The summed E-state index contributed by atoms with van der Waals surface area (Å²) in [7, 11) is -3.91. The van der Waals surface area contributed by atoms with Gasteiger partial charge in [0.15, 0.2) is 6.61 Å². The van der Waals surface area contributed by atoms with Crippen molar-refractivity contribution in [2.75, 3.05) is 38.1 Å². The second-order valence-corrected chi connectivity index (χ2v) is 9.23. The van der Waals surface area contributed by atoms with Crippen LogP contribution in [0.2, 0.25) is 0 Å². The molecule has 2 amide bonds. The molecule has 2 aromatic carbocycles. The van der Waals surface area contributed by atoms with E-state index in [0.29, 0.717) is 0 Å². The number of carbonyl (C=O) groups excluding carboxylic acids is 2. The fourth-order valence-electron chi connectivity index (χ4n) is 3.24. The van der Waals surface area contributed by atoms with E-state index in [4.69, 9.17) is 4.74 Å². The number of anilines is 1. The molecule has 1 heterocycles. The van der Waals surface area contributed by atoms with Crippen molar-refractivity contribution in [3.05, 3.63) is 54.1 Å². The summed E-state index contributed by atoms with van der Waals surface area (Å²) in [6.45, 7) is 0.681. The summed E-state index contributed by atoms with van der Waals surface area (Å²) >= 11 is 0. The van der Waals surface area contributed by atoms with Crippen molar-refractivity contribution in [2.45, 2.75) is 18.0 Å². The molecule has 0 atom stereocenters. The first-order valence-electron chi connectivity index (χ1n) is 9.93. The van der Waals surface area contributed by atoms with Gasteiger partial charge in [-0.25, -0.2) is 8.42 Å². The number of alkyl halides is 3. The van der Waals surface area contributed by atoms with Crippen LogP contribution in [0.15, 0.2) is 53.4 Å². The van der Waals surface area contributed by atoms with E-state index in [-0.39, 0.29) is 54.0 Å². The quantitative estimate of drug-likeness (QED) is 0.679. The Morgan fingerprint density at radius 1 is 1.03 bits per heavy atom. The second-order valence-electron chi connectivity index (χ2n) is 7.29. The molecule has 0 spiro atoms. The van der Waals surface area contributed by atoms with Crippen LogP contribution in [-0.2, 0) is 14.8 Å². The van der Waals surface area contributed by atoms with Gasteiger partial charge in [-0.15, -0.1) is 0 Å². The van der Waals surface area contributed by atoms with Gasteiger partial charge in [0.1, 0.15) is 5.75 Å². The lowest BCUT2D eigenvalue weighted by atomic mass is 10.2. The molecule has 12 heteroatoms. The molecule has 0 aromatic heterocycles. The number of amides is 2. The Bertz CT molecular complexity index is 1130. The molecule has 0 radical (unpaired) electrons. The van der Waals surface area contributed by atoms with E-state index in [0.717, 1.165) is 0 Å². The van der Waals surface area contributed by atoms with Gasteiger partial charge in [-0.2, -0.15) is 17.5 Å². The molecule has 1 aliphatic rings. The largest absolute Gasteiger partial charge is 0.482 e. The summed E-state index contributed by atoms with van der Waals surface area (Å²) in [4.78, 5) is 25.6. The number of hydrogen-bond donors (Lipinski definition) is 1. The average molecular weight is 485 g/mol. The molecule has 8 nitrogen and oxygen atoms in total. The Balaban J connectivity index is 1.75. The Morgan fingerprint density at radius 3 is 2.33 bits per heavy atom. The normalized spacial score (nSPS) is 15.2. The van der Waals surface area contributed by atoms with Gasteiger partial charge in [0.25, 0.3) is 5.91 Å². The molecule has 1 fully saturated rings. The van der Waals surface area contributed by atoms with Gasteiger partial charge < -0.3 is 15.0 Å². The molecule has 0 saturated carbocycles. The van der Waals surface area contributed by atoms with Gasteiger partial charge in [-0.05, 0) is 30.3 Å². The third kappa shape index (κ3) is 6.23. The molecular weight excluding hydrogens is 463 g/mol. The lowest BCUT2D eigenvalue weighted by Gasteiger charge is -2.33. The molecule has 1 aliphatic heterocycles. The van der Waals surface area contributed by atoms with Crippen LogP contribution in [-0.4, -0.2) is 68.4 Å². The van der Waals surface area contributed by atoms with E-state index in [1.165, 1.54) is 59.8 Å². The van der Waals surface area contributed by atoms with Crippen LogP contribution in [0.5, 0.6) is 5.75 Å². The minimum Gasteiger partial charge on any atom is -0.482 e. The molecule has 1 N–H and O–H groups in total. The van der Waals surface area contributed by atoms with Crippen LogP contribution in [0.3, 0.4) is 0 Å². The molecule has 0 aliphatic carbocycles. The van der Waals surface area contributed by atoms with Gasteiger partial charge >= 0.3 is 6.18 Å². The van der Waals surface area contributed by atoms with Crippen LogP contribution < -0.4 is 10.1 Å². The van der Waals surface area contributed by atoms with Crippen molar-refractivity contribution in [1.29, 1.82) is 0 Å². The lowest BCUT2D eigenvalue weighted by molar-refractivity contribution is -0.153. The molecule has 33 heavy (non-hydrogen) atoms. The second kappa shape index (κ2) is 9.79. The third-order valence-electron chi connectivity index (χ3n) is 4.94. The Labute approximate surface area is 189 Å². The number of hydrogen-bond acceptors (Lipinski definition) is 5. The SMILES string of the molecule is CC(=O)N1CCN(S(=O)(=O)c2cccc(C(=O)Nc3ccccc3OCC(F)(F)F)c2)CC1. The number of para-hydroxylation sites is 2. The van der Waals surface area contributed by atoms with Crippen molar-refractivity contribution < 1.29 is 35.9 Å². The van der Waals surface area contributed by atoms with E-state index >= 15 is 0 Å². The fraction of sp³-hybridized carbons (Fsp3) is 0.333. The van der Waals surface area contributed by atoms with Crippen LogP contribution in [0.4, 0.5) is 18.9 Å². The van der Waals surface area contributed by atoms with E-state index in [2.05, 4.69) is 5.32 Å². The maximum Gasteiger partial charge on any atom is 0.422 e. The van der Waals surface area contributed by atoms with Crippen molar-refractivity contribution in [2.24, 2.45) is 0 Å². The van der Waals surface area contributed by atoms with Gasteiger partial charge in [0.2, 0.25) is 15.9 Å². The average Bonchev–Trinajstić information content (AvgIpc) is 2.78. The topological polar surface area (TPSA) is 96.0 Å². The van der Waals surface area contributed by atoms with Crippen LogP contribution in [0.1, 0.15) is 17.3 Å². The lowest BCUT2D eigenvalue weighted by Crippen LogP contribution is -2.49. The minimum absolute atomic E-state index is 0.00377. The van der Waals surface area contributed by atoms with Gasteiger partial charge in [-0.1, -0.05) is 18.2 Å². The Kier molecular flexibility index (Phi) is 7.28. The number of nitrogens with zero attached hydrogens (tertiary/aromatic N) is 2. The van der Waals surface area contributed by atoms with E-state index in [1.807, 2.05) is 0 Å². The highest BCUT2D eigenvalue weighted by molar-refractivity contribution is 7.89. The number of halogens is 3. The molecule has 0 bridgehead atoms. The van der Waals surface area contributed by atoms with Gasteiger partial charge in [-0.3, -0.25) is 9.59 Å². The highest BCUT2D eigenvalue weighted by atomic mass is 32.2. The summed E-state index contributed by atoms with van der Waals surface area (Å²) < 4.78 is 69.4. The monoisotopic (exact) mass is 485 g/mol. The first kappa shape index (κ1) is 24.5. The summed E-state index contributed by atoms with van der Waals surface area (Å²) in [5.41, 5.74) is 0.0180. The number of piperazine rings is 1. The summed E-state index contributed by atoms with van der Waals surface area (Å²) in [6, 6.07) is 11.0. The Morgan fingerprint density at radius 2 is 1.70 bits per heavy atom. The molecule has 1 saturated heterocycles. The van der Waals surface area contributed by atoms with Gasteiger partial charge in [0, 0.05) is 38.7 Å². The number of ether oxygens (including phenoxy) is 1. The molecule has 2 aromatic rings. The van der Waals surface area contributed by atoms with Crippen molar-refractivity contribution in [1.82, 2.24) is 9.21 Å². The van der Waals surface area contributed by atoms with Crippen molar-refractivity contribution >= 4 is 27.5 Å². The van der Waals surface area contributed by atoms with E-state index in [1.54, 1.807) is 4.90 Å². The molecule has 3 rings (SSSR count). The third-order valence-corrected chi connectivity index (χ3v) is 6.84. The van der Waals surface area contributed by atoms with Crippen LogP contribution >= 0.6 is 0 Å². The van der Waals surface area contributed by atoms with Crippen molar-refractivity contribution in [3.63, 3.8) is 0 Å². The van der Waals surface area contributed by atoms with Gasteiger partial charge in [0.05, 0.1) is 10.6 Å². The maximum atomic E-state index is 13.0. The fourth-order valence-corrected chi connectivity index (χ4v) is 4.71. The first-order valence-corrected chi connectivity index (χ1v) is 11.4. The number of carbonyl (C=O) groups is 2. The number of nitrogens with one attached hydrogen (secondary N) is 1. The number of sulfonamides is 1. The maximum absolute atomic E-state index is 13.0. The summed E-state index contributed by atoms with van der Waals surface area (Å²) in [6.07, 6.45) is -4.55. The molecular formula is C21H22F3N3O5S. The highest BCUT2D eigenvalue weighted by Gasteiger charge is 2.30. The summed E-state index contributed by atoms with van der Waals surface area (Å²) in [5.74, 6) is -1.02. The first-order chi connectivity index (χ1) is 15.5. The van der Waals surface area contributed by atoms with E-state index in [9.17, 15) is 31.2 Å². The minimum atomic E-state index is -4.55. The zero-order valence-electron chi connectivity index (χ0n) is 17.6. The van der Waals surface area contributed by atoms with Crippen LogP contribution in [0.25, 0.3) is 0 Å². The van der Waals surface area contributed by atoms with Crippen LogP contribution in [0, 0.1) is 0 Å². The smallest absolute Gasteiger partial charge is 0.422 e. The highest BCUT2D eigenvalue weighted by Crippen LogP contribution is 2.27.